The molecule has 1 rings (SSSR count). The van der Waals surface area contributed by atoms with Crippen molar-refractivity contribution in [1.82, 2.24) is 5.32 Å². The molecule has 1 aromatic rings. The van der Waals surface area contributed by atoms with Gasteiger partial charge in [-0.05, 0) is 36.3 Å². The molecule has 17 heavy (non-hydrogen) atoms. The van der Waals surface area contributed by atoms with E-state index >= 15 is 0 Å². The van der Waals surface area contributed by atoms with Crippen LogP contribution in [0.25, 0.3) is 0 Å². The monoisotopic (exact) mass is 252 g/mol. The number of hydrogen-bond donors (Lipinski definition) is 2. The zero-order valence-electron chi connectivity index (χ0n) is 10.2. The van der Waals surface area contributed by atoms with Crippen LogP contribution in [-0.4, -0.2) is 24.0 Å². The van der Waals surface area contributed by atoms with Crippen molar-refractivity contribution in [2.45, 2.75) is 19.8 Å². The number of nitrogen functional groups attached to an aromatic ring is 1. The molecule has 0 aliphatic rings. The number of benzene rings is 1. The molecule has 0 saturated heterocycles. The fraction of sp³-hybridized carbons (Fsp3) is 0.462. The SMILES string of the molecule is CCCSCC(=O)NCCc1ccc(N)cc1. The van der Waals surface area contributed by atoms with Crippen LogP contribution in [0.2, 0.25) is 0 Å². The first-order valence-corrected chi connectivity index (χ1v) is 7.06. The van der Waals surface area contributed by atoms with Gasteiger partial charge in [0.25, 0.3) is 0 Å². The molecule has 0 aliphatic carbocycles. The zero-order valence-corrected chi connectivity index (χ0v) is 11.1. The van der Waals surface area contributed by atoms with Crippen LogP contribution in [0.4, 0.5) is 5.69 Å². The maximum atomic E-state index is 11.4. The predicted molar refractivity (Wildman–Crippen MR) is 75.2 cm³/mol. The van der Waals surface area contributed by atoms with Crippen LogP contribution in [0, 0.1) is 0 Å². The van der Waals surface area contributed by atoms with Gasteiger partial charge in [0.1, 0.15) is 0 Å². The molecule has 0 saturated carbocycles. The standard InChI is InChI=1S/C13H20N2OS/c1-2-9-17-10-13(16)15-8-7-11-3-5-12(14)6-4-11/h3-6H,2,7-10,14H2,1H3,(H,15,16). The average molecular weight is 252 g/mol. The highest BCUT2D eigenvalue weighted by Crippen LogP contribution is 2.05. The first kappa shape index (κ1) is 13.9. The maximum absolute atomic E-state index is 11.4. The Bertz CT molecular complexity index is 338. The summed E-state index contributed by atoms with van der Waals surface area (Å²) in [6.45, 7) is 2.81. The summed E-state index contributed by atoms with van der Waals surface area (Å²) in [6, 6.07) is 7.75. The number of carbonyl (C=O) groups excluding carboxylic acids is 1. The van der Waals surface area contributed by atoms with Crippen LogP contribution in [0.5, 0.6) is 0 Å². The van der Waals surface area contributed by atoms with Gasteiger partial charge in [-0.2, -0.15) is 11.8 Å². The van der Waals surface area contributed by atoms with Gasteiger partial charge in [0.2, 0.25) is 5.91 Å². The second-order valence-electron chi connectivity index (χ2n) is 3.89. The third-order valence-electron chi connectivity index (χ3n) is 2.30. The average Bonchev–Trinajstić information content (AvgIpc) is 2.32. The number of carbonyl (C=O) groups is 1. The van der Waals surface area contributed by atoms with Gasteiger partial charge in [-0.3, -0.25) is 4.79 Å². The van der Waals surface area contributed by atoms with Crippen molar-refractivity contribution in [2.24, 2.45) is 0 Å². The number of nitrogens with one attached hydrogen (secondary N) is 1. The van der Waals surface area contributed by atoms with Gasteiger partial charge in [0.15, 0.2) is 0 Å². The van der Waals surface area contributed by atoms with Crippen LogP contribution in [0.1, 0.15) is 18.9 Å². The Hall–Kier alpha value is -1.16. The van der Waals surface area contributed by atoms with Crippen LogP contribution in [0.3, 0.4) is 0 Å². The molecule has 94 valence electrons. The molecule has 0 heterocycles. The molecular weight excluding hydrogens is 232 g/mol. The first-order chi connectivity index (χ1) is 8.22. The van der Waals surface area contributed by atoms with E-state index < -0.39 is 0 Å². The number of rotatable bonds is 7. The molecule has 0 aromatic heterocycles. The number of nitrogens with two attached hydrogens (primary N) is 1. The molecule has 0 aliphatic heterocycles. The van der Waals surface area contributed by atoms with E-state index in [-0.39, 0.29) is 5.91 Å². The molecule has 0 radical (unpaired) electrons. The van der Waals surface area contributed by atoms with Crippen molar-refractivity contribution in [3.05, 3.63) is 29.8 Å². The smallest absolute Gasteiger partial charge is 0.230 e. The lowest BCUT2D eigenvalue weighted by atomic mass is 10.1. The Kier molecular flexibility index (Phi) is 6.55. The Balaban J connectivity index is 2.14. The van der Waals surface area contributed by atoms with Gasteiger partial charge >= 0.3 is 0 Å². The third kappa shape index (κ3) is 6.22. The van der Waals surface area contributed by atoms with E-state index in [9.17, 15) is 4.79 Å². The first-order valence-electron chi connectivity index (χ1n) is 5.91. The summed E-state index contributed by atoms with van der Waals surface area (Å²) in [4.78, 5) is 11.4. The van der Waals surface area contributed by atoms with Crippen molar-refractivity contribution in [1.29, 1.82) is 0 Å². The van der Waals surface area contributed by atoms with Crippen molar-refractivity contribution >= 4 is 23.4 Å². The summed E-state index contributed by atoms with van der Waals surface area (Å²) in [5, 5.41) is 2.91. The minimum atomic E-state index is 0.124. The summed E-state index contributed by atoms with van der Waals surface area (Å²) in [5.74, 6) is 1.74. The van der Waals surface area contributed by atoms with Crippen molar-refractivity contribution in [2.75, 3.05) is 23.8 Å². The summed E-state index contributed by atoms with van der Waals surface area (Å²) < 4.78 is 0. The lowest BCUT2D eigenvalue weighted by molar-refractivity contribution is -0.118. The van der Waals surface area contributed by atoms with E-state index in [1.165, 1.54) is 5.56 Å². The summed E-state index contributed by atoms with van der Waals surface area (Å²) in [5.41, 5.74) is 7.57. The van der Waals surface area contributed by atoms with Crippen LogP contribution in [-0.2, 0) is 11.2 Å². The number of anilines is 1. The van der Waals surface area contributed by atoms with E-state index in [0.29, 0.717) is 12.3 Å². The minimum Gasteiger partial charge on any atom is -0.399 e. The molecule has 4 heteroatoms. The second kappa shape index (κ2) is 8.01. The largest absolute Gasteiger partial charge is 0.399 e. The Labute approximate surface area is 107 Å². The summed E-state index contributed by atoms with van der Waals surface area (Å²) in [7, 11) is 0. The summed E-state index contributed by atoms with van der Waals surface area (Å²) >= 11 is 1.68. The van der Waals surface area contributed by atoms with Gasteiger partial charge in [-0.25, -0.2) is 0 Å². The Morgan fingerprint density at radius 2 is 2.06 bits per heavy atom. The molecule has 0 unspecified atom stereocenters. The Morgan fingerprint density at radius 3 is 2.71 bits per heavy atom. The third-order valence-corrected chi connectivity index (χ3v) is 3.46. The normalized spacial score (nSPS) is 10.2. The molecule has 0 fully saturated rings. The molecule has 1 aromatic carbocycles. The van der Waals surface area contributed by atoms with Crippen LogP contribution in [0.15, 0.2) is 24.3 Å². The number of thioether (sulfide) groups is 1. The summed E-state index contributed by atoms with van der Waals surface area (Å²) in [6.07, 6.45) is 1.97. The predicted octanol–water partition coefficient (Wildman–Crippen LogP) is 2.07. The highest BCUT2D eigenvalue weighted by molar-refractivity contribution is 7.99. The van der Waals surface area contributed by atoms with Gasteiger partial charge in [0, 0.05) is 12.2 Å². The lowest BCUT2D eigenvalue weighted by Gasteiger charge is -2.05. The fourth-order valence-electron chi connectivity index (χ4n) is 1.39. The van der Waals surface area contributed by atoms with E-state index in [0.717, 1.165) is 24.3 Å². The van der Waals surface area contributed by atoms with Gasteiger partial charge in [0.05, 0.1) is 5.75 Å². The molecule has 3 nitrogen and oxygen atoms in total. The van der Waals surface area contributed by atoms with Gasteiger partial charge in [-0.1, -0.05) is 19.1 Å². The molecule has 0 atom stereocenters. The quantitative estimate of drug-likeness (QED) is 0.577. The van der Waals surface area contributed by atoms with E-state index in [1.807, 2.05) is 24.3 Å². The number of amides is 1. The fourth-order valence-corrected chi connectivity index (χ4v) is 2.11. The van der Waals surface area contributed by atoms with Crippen LogP contribution >= 0.6 is 11.8 Å². The van der Waals surface area contributed by atoms with E-state index in [1.54, 1.807) is 11.8 Å². The Morgan fingerprint density at radius 1 is 1.35 bits per heavy atom. The van der Waals surface area contributed by atoms with Crippen molar-refractivity contribution < 1.29 is 4.79 Å². The maximum Gasteiger partial charge on any atom is 0.230 e. The van der Waals surface area contributed by atoms with E-state index in [2.05, 4.69) is 12.2 Å². The zero-order chi connectivity index (χ0) is 12.5. The van der Waals surface area contributed by atoms with Gasteiger partial charge in [-0.15, -0.1) is 0 Å². The minimum absolute atomic E-state index is 0.124. The van der Waals surface area contributed by atoms with Gasteiger partial charge < -0.3 is 11.1 Å². The van der Waals surface area contributed by atoms with Crippen molar-refractivity contribution in [3.8, 4) is 0 Å². The molecule has 0 spiro atoms. The molecule has 3 N–H and O–H groups in total. The van der Waals surface area contributed by atoms with E-state index in [4.69, 9.17) is 5.73 Å². The topological polar surface area (TPSA) is 55.1 Å². The lowest BCUT2D eigenvalue weighted by Crippen LogP contribution is -2.27. The molecule has 0 bridgehead atoms. The molecular formula is C13H20N2OS. The highest BCUT2D eigenvalue weighted by atomic mass is 32.2. The second-order valence-corrected chi connectivity index (χ2v) is 5.00. The van der Waals surface area contributed by atoms with Crippen LogP contribution < -0.4 is 11.1 Å². The number of hydrogen-bond acceptors (Lipinski definition) is 3. The highest BCUT2D eigenvalue weighted by Gasteiger charge is 2.00. The molecule has 1 amide bonds. The van der Waals surface area contributed by atoms with Crippen molar-refractivity contribution in [3.63, 3.8) is 0 Å².